The molecule has 2 rings (SSSR count). The highest BCUT2D eigenvalue weighted by atomic mass is 79.9. The molecule has 2 aromatic rings. The minimum atomic E-state index is -0.389. The molecule has 4 nitrogen and oxygen atoms in total. The van der Waals surface area contributed by atoms with E-state index >= 15 is 0 Å². The van der Waals surface area contributed by atoms with Crippen molar-refractivity contribution in [2.75, 3.05) is 5.32 Å². The fourth-order valence-electron chi connectivity index (χ4n) is 2.01. The second-order valence-electron chi connectivity index (χ2n) is 4.80. The van der Waals surface area contributed by atoms with Crippen molar-refractivity contribution in [1.82, 2.24) is 0 Å². The number of nitrogens with one attached hydrogen (secondary N) is 1. The Bertz CT molecular complexity index is 691. The maximum absolute atomic E-state index is 13.2. The van der Waals surface area contributed by atoms with Gasteiger partial charge in [-0.15, -0.1) is 0 Å². The van der Waals surface area contributed by atoms with Crippen LogP contribution >= 0.6 is 15.9 Å². The molecule has 1 N–H and O–H groups in total. The molecule has 0 spiro atoms. The first-order valence-electron chi connectivity index (χ1n) is 6.35. The molecule has 0 radical (unpaired) electrons. The topological polar surface area (TPSA) is 55.2 Å². The Morgan fingerprint density at radius 3 is 2.62 bits per heavy atom. The quantitative estimate of drug-likeness (QED) is 0.623. The molecule has 0 aromatic heterocycles. The van der Waals surface area contributed by atoms with Gasteiger partial charge in [-0.1, -0.05) is 12.1 Å². The zero-order valence-corrected chi connectivity index (χ0v) is 13.1. The van der Waals surface area contributed by atoms with E-state index in [1.54, 1.807) is 31.2 Å². The van der Waals surface area contributed by atoms with Gasteiger partial charge >= 0.3 is 0 Å². The second kappa shape index (κ2) is 6.22. The Hall–Kier alpha value is -1.95. The maximum atomic E-state index is 13.2. The lowest BCUT2D eigenvalue weighted by Crippen LogP contribution is -2.07. The molecule has 0 saturated heterocycles. The first-order chi connectivity index (χ1) is 9.88. The Kier molecular flexibility index (Phi) is 4.57. The highest BCUT2D eigenvalue weighted by molar-refractivity contribution is 9.10. The van der Waals surface area contributed by atoms with Crippen molar-refractivity contribution in [3.8, 4) is 0 Å². The van der Waals surface area contributed by atoms with Crippen LogP contribution in [0.15, 0.2) is 40.9 Å². The Labute approximate surface area is 130 Å². The van der Waals surface area contributed by atoms with Gasteiger partial charge in [-0.3, -0.25) is 10.1 Å². The third kappa shape index (κ3) is 3.58. The second-order valence-corrected chi connectivity index (χ2v) is 5.65. The molecule has 1 unspecified atom stereocenters. The van der Waals surface area contributed by atoms with Gasteiger partial charge in [0.2, 0.25) is 0 Å². The van der Waals surface area contributed by atoms with Gasteiger partial charge in [0, 0.05) is 23.4 Å². The van der Waals surface area contributed by atoms with Gasteiger partial charge in [-0.2, -0.15) is 0 Å². The third-order valence-corrected chi connectivity index (χ3v) is 3.84. The van der Waals surface area contributed by atoms with E-state index in [0.717, 1.165) is 11.3 Å². The number of halogens is 2. The van der Waals surface area contributed by atoms with Crippen LogP contribution in [0, 0.1) is 22.9 Å². The number of nitro benzene ring substituents is 1. The van der Waals surface area contributed by atoms with E-state index in [2.05, 4.69) is 21.2 Å². The molecule has 0 aliphatic heterocycles. The van der Waals surface area contributed by atoms with Crippen molar-refractivity contribution in [3.63, 3.8) is 0 Å². The van der Waals surface area contributed by atoms with Crippen LogP contribution in [0.3, 0.4) is 0 Å². The van der Waals surface area contributed by atoms with Gasteiger partial charge in [-0.25, -0.2) is 4.39 Å². The lowest BCUT2D eigenvalue weighted by atomic mass is 10.0. The van der Waals surface area contributed by atoms with Crippen LogP contribution in [0.5, 0.6) is 0 Å². The fraction of sp³-hybridized carbons (Fsp3) is 0.200. The van der Waals surface area contributed by atoms with E-state index in [-0.39, 0.29) is 22.5 Å². The third-order valence-electron chi connectivity index (χ3n) is 3.23. The number of aryl methyl sites for hydroxylation is 1. The van der Waals surface area contributed by atoms with Gasteiger partial charge in [0.15, 0.2) is 0 Å². The van der Waals surface area contributed by atoms with Crippen molar-refractivity contribution in [2.45, 2.75) is 19.9 Å². The Morgan fingerprint density at radius 1 is 1.29 bits per heavy atom. The summed E-state index contributed by atoms with van der Waals surface area (Å²) in [7, 11) is 0. The van der Waals surface area contributed by atoms with Crippen molar-refractivity contribution < 1.29 is 9.31 Å². The largest absolute Gasteiger partial charge is 0.378 e. The van der Waals surface area contributed by atoms with E-state index in [9.17, 15) is 14.5 Å². The summed E-state index contributed by atoms with van der Waals surface area (Å²) in [5, 5.41) is 14.2. The lowest BCUT2D eigenvalue weighted by Gasteiger charge is -2.16. The number of anilines is 1. The van der Waals surface area contributed by atoms with Crippen molar-refractivity contribution in [2.24, 2.45) is 0 Å². The summed E-state index contributed by atoms with van der Waals surface area (Å²) < 4.78 is 13.6. The first kappa shape index (κ1) is 15.4. The highest BCUT2D eigenvalue weighted by Crippen LogP contribution is 2.27. The number of nitro groups is 1. The molecule has 0 fully saturated rings. The van der Waals surface area contributed by atoms with Gasteiger partial charge in [0.25, 0.3) is 5.69 Å². The van der Waals surface area contributed by atoms with Crippen LogP contribution in [0.2, 0.25) is 0 Å². The van der Waals surface area contributed by atoms with Crippen molar-refractivity contribution >= 4 is 27.3 Å². The van der Waals surface area contributed by atoms with Crippen LogP contribution in [0.1, 0.15) is 24.1 Å². The average molecular weight is 353 g/mol. The first-order valence-corrected chi connectivity index (χ1v) is 7.14. The molecule has 0 heterocycles. The summed E-state index contributed by atoms with van der Waals surface area (Å²) in [4.78, 5) is 10.6. The summed E-state index contributed by atoms with van der Waals surface area (Å²) in [6.07, 6.45) is 0. The summed E-state index contributed by atoms with van der Waals surface area (Å²) in [6, 6.07) is 9.61. The van der Waals surface area contributed by atoms with E-state index in [1.165, 1.54) is 6.07 Å². The van der Waals surface area contributed by atoms with Crippen LogP contribution in [-0.2, 0) is 0 Å². The highest BCUT2D eigenvalue weighted by Gasteiger charge is 2.14. The molecule has 21 heavy (non-hydrogen) atoms. The minimum Gasteiger partial charge on any atom is -0.378 e. The Morgan fingerprint density at radius 2 is 2.00 bits per heavy atom. The molecule has 0 aliphatic carbocycles. The molecule has 0 saturated carbocycles. The molecular weight excluding hydrogens is 339 g/mol. The van der Waals surface area contributed by atoms with E-state index in [1.807, 2.05) is 13.0 Å². The van der Waals surface area contributed by atoms with Crippen molar-refractivity contribution in [1.29, 1.82) is 0 Å². The number of benzene rings is 2. The van der Waals surface area contributed by atoms with Gasteiger partial charge in [0.1, 0.15) is 5.82 Å². The van der Waals surface area contributed by atoms with Gasteiger partial charge in [0.05, 0.1) is 9.40 Å². The summed E-state index contributed by atoms with van der Waals surface area (Å²) >= 11 is 3.13. The number of nitrogens with zero attached hydrogens (tertiary/aromatic N) is 1. The molecule has 110 valence electrons. The van der Waals surface area contributed by atoms with E-state index in [0.29, 0.717) is 10.0 Å². The van der Waals surface area contributed by atoms with Crippen LogP contribution in [0.25, 0.3) is 0 Å². The molecule has 1 atom stereocenters. The summed E-state index contributed by atoms with van der Waals surface area (Å²) in [6.45, 7) is 3.60. The normalized spacial score (nSPS) is 12.0. The summed E-state index contributed by atoms with van der Waals surface area (Å²) in [5.41, 5.74) is 2.26. The number of hydrogen-bond donors (Lipinski definition) is 1. The predicted octanol–water partition coefficient (Wildman–Crippen LogP) is 4.98. The van der Waals surface area contributed by atoms with Crippen LogP contribution in [0.4, 0.5) is 15.8 Å². The lowest BCUT2D eigenvalue weighted by molar-refractivity contribution is -0.385. The van der Waals surface area contributed by atoms with Gasteiger partial charge < -0.3 is 5.32 Å². The minimum absolute atomic E-state index is 0.0986. The van der Waals surface area contributed by atoms with Crippen molar-refractivity contribution in [3.05, 3.63) is 67.9 Å². The van der Waals surface area contributed by atoms with Gasteiger partial charge in [-0.05, 0) is 53.5 Å². The predicted molar refractivity (Wildman–Crippen MR) is 84.0 cm³/mol. The zero-order valence-electron chi connectivity index (χ0n) is 11.6. The van der Waals surface area contributed by atoms with Crippen LogP contribution < -0.4 is 5.32 Å². The monoisotopic (exact) mass is 352 g/mol. The molecule has 0 amide bonds. The van der Waals surface area contributed by atoms with Crippen LogP contribution in [-0.4, -0.2) is 4.92 Å². The molecular formula is C15H14BrFN2O2. The summed E-state index contributed by atoms with van der Waals surface area (Å²) in [5.74, 6) is -0.334. The molecule has 6 heteroatoms. The molecule has 2 aromatic carbocycles. The molecule has 0 bridgehead atoms. The number of rotatable bonds is 4. The fourth-order valence-corrected chi connectivity index (χ4v) is 2.39. The van der Waals surface area contributed by atoms with E-state index in [4.69, 9.17) is 0 Å². The number of hydrogen-bond acceptors (Lipinski definition) is 3. The maximum Gasteiger partial charge on any atom is 0.272 e. The molecule has 0 aliphatic rings. The smallest absolute Gasteiger partial charge is 0.272 e. The van der Waals surface area contributed by atoms with E-state index < -0.39 is 0 Å². The Balaban J connectivity index is 2.23. The zero-order chi connectivity index (χ0) is 15.6. The standard InChI is InChI=1S/C15H14BrFN2O2/c1-9-3-4-11(7-15(9)19(20)21)10(2)18-12-5-6-14(17)13(16)8-12/h3-8,10,18H,1-2H3. The average Bonchev–Trinajstić information content (AvgIpc) is 2.43. The SMILES string of the molecule is Cc1ccc(C(C)Nc2ccc(F)c(Br)c2)cc1[N+](=O)[O-].